The quantitative estimate of drug-likeness (QED) is 0.929. The van der Waals surface area contributed by atoms with Crippen LogP contribution in [-0.2, 0) is 11.2 Å². The molecule has 0 heterocycles. The number of hydrogen-bond acceptors (Lipinski definition) is 2. The van der Waals surface area contributed by atoms with Crippen LogP contribution in [0, 0.1) is 0 Å². The van der Waals surface area contributed by atoms with Gasteiger partial charge in [-0.3, -0.25) is 9.74 Å². The minimum atomic E-state index is -0.833. The molecule has 1 atom stereocenters. The summed E-state index contributed by atoms with van der Waals surface area (Å²) in [5.74, 6) is -0.762. The topological polar surface area (TPSA) is 46.5 Å². The van der Waals surface area contributed by atoms with E-state index in [4.69, 9.17) is 5.11 Å². The van der Waals surface area contributed by atoms with E-state index in [0.717, 1.165) is 28.4 Å². The molecule has 0 spiro atoms. The maximum atomic E-state index is 12.1. The fourth-order valence-electron chi connectivity index (χ4n) is 2.20. The predicted molar refractivity (Wildman–Crippen MR) is 59.2 cm³/mol. The highest BCUT2D eigenvalue weighted by molar-refractivity contribution is 9.10. The molecule has 1 aliphatic rings. The first-order valence-electron chi connectivity index (χ1n) is 4.94. The molecule has 16 heavy (non-hydrogen) atoms. The standard InChI is InChI=1S/C11H10BrFO3/c12-10-5-7(16-13)4-9-6(3-11(14)15)1-2-8(9)10/h4-6H,1-3H2,(H,14,15). The summed E-state index contributed by atoms with van der Waals surface area (Å²) in [6.45, 7) is 0. The Kier molecular flexibility index (Phi) is 3.14. The van der Waals surface area contributed by atoms with Gasteiger partial charge in [0.05, 0.1) is 6.42 Å². The summed E-state index contributed by atoms with van der Waals surface area (Å²) in [5.41, 5.74) is 1.94. The number of carboxylic acids is 1. The summed E-state index contributed by atoms with van der Waals surface area (Å²) >= 11 is 3.34. The zero-order valence-corrected chi connectivity index (χ0v) is 9.96. The van der Waals surface area contributed by atoms with Crippen LogP contribution in [0.5, 0.6) is 5.75 Å². The Bertz CT molecular complexity index is 433. The number of rotatable bonds is 3. The molecule has 0 bridgehead atoms. The molecule has 1 aliphatic carbocycles. The summed E-state index contributed by atoms with van der Waals surface area (Å²) < 4.78 is 12.9. The van der Waals surface area contributed by atoms with Gasteiger partial charge in [-0.2, -0.15) is 0 Å². The van der Waals surface area contributed by atoms with Gasteiger partial charge < -0.3 is 5.11 Å². The fraction of sp³-hybridized carbons (Fsp3) is 0.364. The van der Waals surface area contributed by atoms with Crippen LogP contribution in [-0.4, -0.2) is 11.1 Å². The van der Waals surface area contributed by atoms with Gasteiger partial charge in [0.25, 0.3) is 0 Å². The van der Waals surface area contributed by atoms with Gasteiger partial charge in [0.2, 0.25) is 0 Å². The SMILES string of the molecule is O=C(O)CC1CCc2c(Br)cc(OF)cc21. The molecule has 3 nitrogen and oxygen atoms in total. The van der Waals surface area contributed by atoms with Crippen molar-refractivity contribution < 1.29 is 19.4 Å². The lowest BCUT2D eigenvalue weighted by atomic mass is 9.98. The number of carboxylic acid groups (broad SMARTS) is 1. The van der Waals surface area contributed by atoms with Gasteiger partial charge in [-0.1, -0.05) is 15.9 Å². The third-order valence-corrected chi connectivity index (χ3v) is 3.60. The maximum Gasteiger partial charge on any atom is 0.303 e. The second-order valence-corrected chi connectivity index (χ2v) is 4.74. The highest BCUT2D eigenvalue weighted by Crippen LogP contribution is 2.41. The number of hydrogen-bond donors (Lipinski definition) is 1. The van der Waals surface area contributed by atoms with E-state index in [1.165, 1.54) is 0 Å². The summed E-state index contributed by atoms with van der Waals surface area (Å²) in [6.07, 6.45) is 1.69. The number of fused-ring (bicyclic) bond motifs is 1. The van der Waals surface area contributed by atoms with Crippen molar-refractivity contribution >= 4 is 21.9 Å². The van der Waals surface area contributed by atoms with Crippen LogP contribution < -0.4 is 4.94 Å². The van der Waals surface area contributed by atoms with Crippen molar-refractivity contribution in [2.75, 3.05) is 0 Å². The first-order valence-corrected chi connectivity index (χ1v) is 5.74. The highest BCUT2D eigenvalue weighted by atomic mass is 79.9. The summed E-state index contributed by atoms with van der Waals surface area (Å²) in [7, 11) is 0. The van der Waals surface area contributed by atoms with Crippen LogP contribution in [0.2, 0.25) is 0 Å². The average Bonchev–Trinajstić information content (AvgIpc) is 2.61. The smallest absolute Gasteiger partial charge is 0.303 e. The Hall–Kier alpha value is -1.10. The lowest BCUT2D eigenvalue weighted by Gasteiger charge is -2.09. The first kappa shape index (κ1) is 11.4. The van der Waals surface area contributed by atoms with Crippen molar-refractivity contribution in [3.63, 3.8) is 0 Å². The number of aliphatic carboxylic acids is 1. The largest absolute Gasteiger partial charge is 0.481 e. The first-order chi connectivity index (χ1) is 7.61. The van der Waals surface area contributed by atoms with E-state index in [1.807, 2.05) is 0 Å². The Labute approximate surface area is 100 Å². The normalized spacial score (nSPS) is 18.2. The van der Waals surface area contributed by atoms with Crippen LogP contribution in [0.4, 0.5) is 4.53 Å². The second kappa shape index (κ2) is 4.41. The molecule has 1 aromatic carbocycles. The van der Waals surface area contributed by atoms with Gasteiger partial charge in [0.1, 0.15) is 0 Å². The van der Waals surface area contributed by atoms with Gasteiger partial charge in [-0.15, -0.1) is 0 Å². The Morgan fingerprint density at radius 2 is 2.38 bits per heavy atom. The molecular formula is C11H10BrFO3. The van der Waals surface area contributed by atoms with Gasteiger partial charge in [0.15, 0.2) is 5.75 Å². The molecule has 0 aliphatic heterocycles. The number of carbonyl (C=O) groups is 1. The lowest BCUT2D eigenvalue weighted by Crippen LogP contribution is -2.03. The monoisotopic (exact) mass is 288 g/mol. The second-order valence-electron chi connectivity index (χ2n) is 3.88. The van der Waals surface area contributed by atoms with Crippen molar-refractivity contribution in [3.8, 4) is 5.75 Å². The molecule has 0 amide bonds. The predicted octanol–water partition coefficient (Wildman–Crippen LogP) is 3.22. The van der Waals surface area contributed by atoms with Gasteiger partial charge >= 0.3 is 5.97 Å². The molecule has 0 saturated carbocycles. The maximum absolute atomic E-state index is 12.1. The van der Waals surface area contributed by atoms with Gasteiger partial charge in [-0.25, -0.2) is 0 Å². The minimum absolute atomic E-state index is 0.0427. The molecule has 1 unspecified atom stereocenters. The van der Waals surface area contributed by atoms with Crippen molar-refractivity contribution in [3.05, 3.63) is 27.7 Å². The van der Waals surface area contributed by atoms with E-state index in [-0.39, 0.29) is 18.1 Å². The third-order valence-electron chi connectivity index (χ3n) is 2.90. The molecule has 2 rings (SSSR count). The molecule has 0 saturated heterocycles. The molecule has 5 heteroatoms. The molecule has 1 N–H and O–H groups in total. The van der Waals surface area contributed by atoms with Crippen molar-refractivity contribution in [2.24, 2.45) is 0 Å². The van der Waals surface area contributed by atoms with Crippen LogP contribution >= 0.6 is 15.9 Å². The number of halogens is 2. The van der Waals surface area contributed by atoms with E-state index in [2.05, 4.69) is 20.9 Å². The van der Waals surface area contributed by atoms with E-state index in [0.29, 0.717) is 0 Å². The van der Waals surface area contributed by atoms with E-state index in [9.17, 15) is 9.32 Å². The van der Waals surface area contributed by atoms with Gasteiger partial charge in [-0.05, 0) is 42.0 Å². The van der Waals surface area contributed by atoms with Crippen LogP contribution in [0.25, 0.3) is 0 Å². The zero-order chi connectivity index (χ0) is 11.7. The summed E-state index contributed by atoms with van der Waals surface area (Å²) in [6, 6.07) is 3.14. The lowest BCUT2D eigenvalue weighted by molar-refractivity contribution is -0.137. The molecule has 0 aromatic heterocycles. The molecule has 1 aromatic rings. The Morgan fingerprint density at radius 1 is 1.62 bits per heavy atom. The fourth-order valence-corrected chi connectivity index (χ4v) is 2.85. The average molecular weight is 289 g/mol. The van der Waals surface area contributed by atoms with Crippen LogP contribution in [0.15, 0.2) is 16.6 Å². The minimum Gasteiger partial charge on any atom is -0.481 e. The molecule has 0 fully saturated rings. The van der Waals surface area contributed by atoms with E-state index < -0.39 is 5.97 Å². The van der Waals surface area contributed by atoms with Gasteiger partial charge in [0, 0.05) is 9.00 Å². The van der Waals surface area contributed by atoms with E-state index in [1.54, 1.807) is 12.1 Å². The number of benzene rings is 1. The van der Waals surface area contributed by atoms with Crippen molar-refractivity contribution in [1.82, 2.24) is 0 Å². The molecule has 0 radical (unpaired) electrons. The van der Waals surface area contributed by atoms with Crippen LogP contribution in [0.1, 0.15) is 29.9 Å². The van der Waals surface area contributed by atoms with E-state index >= 15 is 0 Å². The molecule has 86 valence electrons. The van der Waals surface area contributed by atoms with Crippen LogP contribution in [0.3, 0.4) is 0 Å². The summed E-state index contributed by atoms with van der Waals surface area (Å²) in [5, 5.41) is 8.78. The van der Waals surface area contributed by atoms with Crippen molar-refractivity contribution in [1.29, 1.82) is 0 Å². The zero-order valence-electron chi connectivity index (χ0n) is 8.37. The Balaban J connectivity index is 2.37. The Morgan fingerprint density at radius 3 is 3.00 bits per heavy atom. The third kappa shape index (κ3) is 2.04. The van der Waals surface area contributed by atoms with Crippen molar-refractivity contribution in [2.45, 2.75) is 25.2 Å². The highest BCUT2D eigenvalue weighted by Gasteiger charge is 2.27. The molecular weight excluding hydrogens is 279 g/mol. The summed E-state index contributed by atoms with van der Waals surface area (Å²) in [4.78, 5) is 14.4.